The molecule has 2 rings (SSSR count). The summed E-state index contributed by atoms with van der Waals surface area (Å²) in [5.74, 6) is 0.190. The van der Waals surface area contributed by atoms with E-state index in [0.29, 0.717) is 23.9 Å². The van der Waals surface area contributed by atoms with E-state index in [-0.39, 0.29) is 12.4 Å². The average Bonchev–Trinajstić information content (AvgIpc) is 3.20. The van der Waals surface area contributed by atoms with Crippen LogP contribution in [0.2, 0.25) is 0 Å². The minimum atomic E-state index is -3.14. The molecule has 0 amide bonds. The van der Waals surface area contributed by atoms with Crippen LogP contribution in [0.3, 0.4) is 0 Å². The van der Waals surface area contributed by atoms with E-state index in [1.54, 1.807) is 12.1 Å². The van der Waals surface area contributed by atoms with Crippen molar-refractivity contribution in [3.63, 3.8) is 0 Å². The summed E-state index contributed by atoms with van der Waals surface area (Å²) in [7, 11) is -3.14. The minimum Gasteiger partial charge on any atom is -0.395 e. The Morgan fingerprint density at radius 2 is 1.89 bits per heavy atom. The molecule has 1 aliphatic carbocycles. The van der Waals surface area contributed by atoms with Gasteiger partial charge in [0.2, 0.25) is 0 Å². The van der Waals surface area contributed by atoms with Crippen LogP contribution in [-0.4, -0.2) is 38.5 Å². The number of aliphatic hydroxyl groups is 1. The number of nitrogens with zero attached hydrogens (tertiary/aromatic N) is 1. The third-order valence-corrected chi connectivity index (χ3v) is 5.26. The van der Waals surface area contributed by atoms with Gasteiger partial charge in [0.15, 0.2) is 9.84 Å². The maximum absolute atomic E-state index is 11.9. The topological polar surface area (TPSA) is 57.6 Å². The van der Waals surface area contributed by atoms with Gasteiger partial charge in [-0.15, -0.1) is 0 Å². The van der Waals surface area contributed by atoms with E-state index in [0.717, 1.165) is 18.5 Å². The molecule has 1 aromatic carbocycles. The van der Waals surface area contributed by atoms with E-state index < -0.39 is 9.84 Å². The summed E-state index contributed by atoms with van der Waals surface area (Å²) in [6.07, 6.45) is 2.93. The summed E-state index contributed by atoms with van der Waals surface area (Å²) in [6, 6.07) is 7.54. The maximum Gasteiger partial charge on any atom is 0.178 e. The standard InChI is InChI=1S/C14H21NO3S/c1-2-11-19(17,18)14-7-5-13(6-8-14)15(9-10-16)12-3-4-12/h5-8,12,16H,2-4,9-11H2,1H3. The van der Waals surface area contributed by atoms with E-state index >= 15 is 0 Å². The molecule has 0 saturated heterocycles. The third-order valence-electron chi connectivity index (χ3n) is 3.33. The van der Waals surface area contributed by atoms with Crippen molar-refractivity contribution in [1.82, 2.24) is 0 Å². The summed E-state index contributed by atoms with van der Waals surface area (Å²) in [5.41, 5.74) is 0.993. The first-order chi connectivity index (χ1) is 9.08. The van der Waals surface area contributed by atoms with Crippen molar-refractivity contribution in [2.75, 3.05) is 23.8 Å². The molecule has 1 N–H and O–H groups in total. The highest BCUT2D eigenvalue weighted by atomic mass is 32.2. The summed E-state index contributed by atoms with van der Waals surface area (Å²) in [5, 5.41) is 9.09. The average molecular weight is 283 g/mol. The van der Waals surface area contributed by atoms with Crippen LogP contribution in [0.4, 0.5) is 5.69 Å². The number of benzene rings is 1. The lowest BCUT2D eigenvalue weighted by atomic mass is 10.3. The fourth-order valence-corrected chi connectivity index (χ4v) is 3.57. The summed E-state index contributed by atoms with van der Waals surface area (Å²) in [4.78, 5) is 2.54. The second-order valence-electron chi connectivity index (χ2n) is 4.96. The molecular weight excluding hydrogens is 262 g/mol. The summed E-state index contributed by atoms with van der Waals surface area (Å²) < 4.78 is 23.9. The maximum atomic E-state index is 11.9. The Balaban J connectivity index is 2.17. The van der Waals surface area contributed by atoms with E-state index in [1.807, 2.05) is 19.1 Å². The second-order valence-corrected chi connectivity index (χ2v) is 7.07. The van der Waals surface area contributed by atoms with Crippen LogP contribution in [-0.2, 0) is 9.84 Å². The van der Waals surface area contributed by atoms with E-state index in [4.69, 9.17) is 5.11 Å². The Morgan fingerprint density at radius 3 is 2.37 bits per heavy atom. The van der Waals surface area contributed by atoms with Crippen molar-refractivity contribution in [3.05, 3.63) is 24.3 Å². The predicted molar refractivity (Wildman–Crippen MR) is 76.2 cm³/mol. The molecule has 0 aliphatic heterocycles. The highest BCUT2D eigenvalue weighted by Crippen LogP contribution is 2.31. The normalized spacial score (nSPS) is 15.5. The van der Waals surface area contributed by atoms with Gasteiger partial charge in [0, 0.05) is 18.3 Å². The molecule has 5 heteroatoms. The van der Waals surface area contributed by atoms with Crippen molar-refractivity contribution >= 4 is 15.5 Å². The smallest absolute Gasteiger partial charge is 0.178 e. The van der Waals surface area contributed by atoms with Crippen molar-refractivity contribution in [2.45, 2.75) is 37.1 Å². The predicted octanol–water partition coefficient (Wildman–Crippen LogP) is 1.83. The lowest BCUT2D eigenvalue weighted by molar-refractivity contribution is 0.301. The van der Waals surface area contributed by atoms with Gasteiger partial charge in [-0.3, -0.25) is 0 Å². The molecule has 106 valence electrons. The molecule has 1 aliphatic rings. The zero-order chi connectivity index (χ0) is 13.9. The van der Waals surface area contributed by atoms with Gasteiger partial charge in [-0.05, 0) is 43.5 Å². The van der Waals surface area contributed by atoms with E-state index in [1.165, 1.54) is 0 Å². The van der Waals surface area contributed by atoms with Gasteiger partial charge >= 0.3 is 0 Å². The first-order valence-corrected chi connectivity index (χ1v) is 8.44. The molecule has 0 heterocycles. The molecule has 0 atom stereocenters. The Bertz CT molecular complexity index is 506. The Hall–Kier alpha value is -1.07. The molecule has 1 aromatic rings. The number of anilines is 1. The van der Waals surface area contributed by atoms with Crippen molar-refractivity contribution in [3.8, 4) is 0 Å². The van der Waals surface area contributed by atoms with Gasteiger partial charge in [-0.1, -0.05) is 6.92 Å². The highest BCUT2D eigenvalue weighted by Gasteiger charge is 2.28. The van der Waals surface area contributed by atoms with Gasteiger partial charge in [0.1, 0.15) is 0 Å². The number of sulfone groups is 1. The zero-order valence-electron chi connectivity index (χ0n) is 11.2. The van der Waals surface area contributed by atoms with Crippen LogP contribution in [0.5, 0.6) is 0 Å². The van der Waals surface area contributed by atoms with E-state index in [2.05, 4.69) is 4.90 Å². The highest BCUT2D eigenvalue weighted by molar-refractivity contribution is 7.91. The monoisotopic (exact) mass is 283 g/mol. The molecule has 0 bridgehead atoms. The van der Waals surface area contributed by atoms with Crippen molar-refractivity contribution in [1.29, 1.82) is 0 Å². The number of aliphatic hydroxyl groups excluding tert-OH is 1. The number of hydrogen-bond acceptors (Lipinski definition) is 4. The van der Waals surface area contributed by atoms with Crippen molar-refractivity contribution in [2.24, 2.45) is 0 Å². The number of hydrogen-bond donors (Lipinski definition) is 1. The lowest BCUT2D eigenvalue weighted by Gasteiger charge is -2.23. The number of rotatable bonds is 7. The Morgan fingerprint density at radius 1 is 1.26 bits per heavy atom. The van der Waals surface area contributed by atoms with Crippen LogP contribution < -0.4 is 4.90 Å². The quantitative estimate of drug-likeness (QED) is 0.829. The molecule has 0 radical (unpaired) electrons. The van der Waals surface area contributed by atoms with E-state index in [9.17, 15) is 8.42 Å². The van der Waals surface area contributed by atoms with Crippen LogP contribution >= 0.6 is 0 Å². The zero-order valence-corrected chi connectivity index (χ0v) is 12.1. The van der Waals surface area contributed by atoms with Gasteiger partial charge < -0.3 is 10.0 Å². The Kier molecular flexibility index (Phi) is 4.47. The molecule has 0 aromatic heterocycles. The van der Waals surface area contributed by atoms with Gasteiger partial charge in [0.25, 0.3) is 0 Å². The second kappa shape index (κ2) is 5.92. The molecule has 1 saturated carbocycles. The fourth-order valence-electron chi connectivity index (χ4n) is 2.25. The van der Waals surface area contributed by atoms with Gasteiger partial charge in [-0.2, -0.15) is 0 Å². The van der Waals surface area contributed by atoms with Crippen molar-refractivity contribution < 1.29 is 13.5 Å². The summed E-state index contributed by atoms with van der Waals surface area (Å²) >= 11 is 0. The van der Waals surface area contributed by atoms with Gasteiger partial charge in [0.05, 0.1) is 17.3 Å². The van der Waals surface area contributed by atoms with Gasteiger partial charge in [-0.25, -0.2) is 8.42 Å². The lowest BCUT2D eigenvalue weighted by Crippen LogP contribution is -2.28. The molecule has 0 unspecified atom stereocenters. The molecule has 4 nitrogen and oxygen atoms in total. The molecule has 0 spiro atoms. The first-order valence-electron chi connectivity index (χ1n) is 6.79. The largest absolute Gasteiger partial charge is 0.395 e. The van der Waals surface area contributed by atoms with Crippen LogP contribution in [0.25, 0.3) is 0 Å². The molecule has 19 heavy (non-hydrogen) atoms. The SMILES string of the molecule is CCCS(=O)(=O)c1ccc(N(CCO)C2CC2)cc1. The van der Waals surface area contributed by atoms with Crippen LogP contribution in [0.1, 0.15) is 26.2 Å². The molecular formula is C14H21NO3S. The van der Waals surface area contributed by atoms with Crippen LogP contribution in [0.15, 0.2) is 29.2 Å². The summed E-state index contributed by atoms with van der Waals surface area (Å²) in [6.45, 7) is 2.58. The first kappa shape index (κ1) is 14.3. The fraction of sp³-hybridized carbons (Fsp3) is 0.571. The Labute approximate surface area is 115 Å². The van der Waals surface area contributed by atoms with Crippen LogP contribution in [0, 0.1) is 0 Å². The third kappa shape index (κ3) is 3.48. The molecule has 1 fully saturated rings. The minimum absolute atomic E-state index is 0.117.